The molecule has 1 aromatic rings. The lowest BCUT2D eigenvalue weighted by Crippen LogP contribution is -2.28. The number of nitrogens with zero attached hydrogens (tertiary/aromatic N) is 1. The molecule has 0 N–H and O–H groups in total. The fourth-order valence-electron chi connectivity index (χ4n) is 3.13. The third-order valence-corrected chi connectivity index (χ3v) is 4.20. The second-order valence-corrected chi connectivity index (χ2v) is 5.33. The van der Waals surface area contributed by atoms with Gasteiger partial charge in [-0.2, -0.15) is 0 Å². The highest BCUT2D eigenvalue weighted by molar-refractivity contribution is 6.21. The van der Waals surface area contributed by atoms with Crippen LogP contribution in [0.5, 0.6) is 0 Å². The van der Waals surface area contributed by atoms with Crippen LogP contribution in [0, 0.1) is 0 Å². The van der Waals surface area contributed by atoms with Crippen LogP contribution >= 0.6 is 0 Å². The fraction of sp³-hybridized carbons (Fsp3) is 0.222. The molecule has 1 aliphatic heterocycles. The molecular formula is C18H17NO3. The van der Waals surface area contributed by atoms with Gasteiger partial charge in [0, 0.05) is 35.4 Å². The smallest absolute Gasteiger partial charge is 0.335 e. The predicted molar refractivity (Wildman–Crippen MR) is 83.9 cm³/mol. The van der Waals surface area contributed by atoms with E-state index in [0.29, 0.717) is 29.7 Å². The predicted octanol–water partition coefficient (Wildman–Crippen LogP) is 2.93. The van der Waals surface area contributed by atoms with Crippen LogP contribution in [0.2, 0.25) is 0 Å². The Labute approximate surface area is 129 Å². The van der Waals surface area contributed by atoms with Gasteiger partial charge in [0.25, 0.3) is 0 Å². The monoisotopic (exact) mass is 295 g/mol. The number of Topliss-reactive ketones (excluding diaryl/α,β-unsaturated/α-hetero) is 1. The Morgan fingerprint density at radius 2 is 2.05 bits per heavy atom. The molecule has 0 radical (unpaired) electrons. The summed E-state index contributed by atoms with van der Waals surface area (Å²) < 4.78 is 4.86. The van der Waals surface area contributed by atoms with Gasteiger partial charge in [-0.3, -0.25) is 4.79 Å². The van der Waals surface area contributed by atoms with Crippen molar-refractivity contribution in [2.45, 2.75) is 13.3 Å². The van der Waals surface area contributed by atoms with E-state index in [1.807, 2.05) is 36.1 Å². The maximum Gasteiger partial charge on any atom is 0.335 e. The summed E-state index contributed by atoms with van der Waals surface area (Å²) in [4.78, 5) is 26.7. The van der Waals surface area contributed by atoms with Crippen LogP contribution in [0.4, 0.5) is 0 Å². The average molecular weight is 295 g/mol. The summed E-state index contributed by atoms with van der Waals surface area (Å²) in [6.07, 6.45) is 2.08. The molecule has 1 heterocycles. The van der Waals surface area contributed by atoms with E-state index < -0.39 is 0 Å². The first-order valence-electron chi connectivity index (χ1n) is 7.14. The molecule has 0 fully saturated rings. The average Bonchev–Trinajstić information content (AvgIpc) is 2.82. The molecule has 0 bridgehead atoms. The van der Waals surface area contributed by atoms with E-state index in [9.17, 15) is 9.59 Å². The van der Waals surface area contributed by atoms with Gasteiger partial charge in [0.05, 0.1) is 18.4 Å². The number of benzene rings is 1. The van der Waals surface area contributed by atoms with Crippen molar-refractivity contribution >= 4 is 17.4 Å². The molecule has 0 atom stereocenters. The van der Waals surface area contributed by atoms with Crippen LogP contribution in [0.25, 0.3) is 5.70 Å². The van der Waals surface area contributed by atoms with Crippen LogP contribution in [-0.2, 0) is 9.53 Å². The van der Waals surface area contributed by atoms with E-state index in [-0.39, 0.29) is 11.8 Å². The second-order valence-electron chi connectivity index (χ2n) is 5.33. The quantitative estimate of drug-likeness (QED) is 0.635. The fourth-order valence-corrected chi connectivity index (χ4v) is 3.13. The molecule has 0 saturated heterocycles. The van der Waals surface area contributed by atoms with Gasteiger partial charge < -0.3 is 9.64 Å². The molecule has 4 nitrogen and oxygen atoms in total. The van der Waals surface area contributed by atoms with Crippen LogP contribution in [0.1, 0.15) is 29.3 Å². The molecule has 1 aliphatic carbocycles. The minimum absolute atomic E-state index is 0.00596. The van der Waals surface area contributed by atoms with Gasteiger partial charge >= 0.3 is 5.97 Å². The third-order valence-electron chi connectivity index (χ3n) is 4.20. The number of ether oxygens (including phenoxy) is 1. The Bertz CT molecular complexity index is 755. The zero-order chi connectivity index (χ0) is 15.9. The Morgan fingerprint density at radius 1 is 1.36 bits per heavy atom. The van der Waals surface area contributed by atoms with Gasteiger partial charge in [0.15, 0.2) is 5.78 Å². The number of hydrogen-bond acceptors (Lipinski definition) is 4. The maximum atomic E-state index is 12.7. The van der Waals surface area contributed by atoms with E-state index in [4.69, 9.17) is 4.74 Å². The van der Waals surface area contributed by atoms with Gasteiger partial charge in [0.1, 0.15) is 0 Å². The van der Waals surface area contributed by atoms with E-state index in [1.165, 1.54) is 7.11 Å². The maximum absolute atomic E-state index is 12.7. The molecule has 112 valence electrons. The standard InChI is InChI=1S/C18H17NO3/c1-4-9-19-11(2)14(18(21)22-3)10-15-16(19)12-7-5-6-8-13(12)17(15)20/h4-8H,1,9-10H2,2-3H3. The molecular weight excluding hydrogens is 278 g/mol. The molecule has 2 aliphatic rings. The number of carbonyl (C=O) groups excluding carboxylic acids is 2. The summed E-state index contributed by atoms with van der Waals surface area (Å²) in [5.74, 6) is -0.393. The van der Waals surface area contributed by atoms with Crippen LogP contribution in [0.3, 0.4) is 0 Å². The Hall–Kier alpha value is -2.62. The highest BCUT2D eigenvalue weighted by atomic mass is 16.5. The minimum Gasteiger partial charge on any atom is -0.466 e. The number of hydrogen-bond donors (Lipinski definition) is 0. The summed E-state index contributed by atoms with van der Waals surface area (Å²) in [5.41, 5.74) is 4.52. The van der Waals surface area contributed by atoms with Crippen molar-refractivity contribution in [2.24, 2.45) is 0 Å². The van der Waals surface area contributed by atoms with Gasteiger partial charge in [-0.05, 0) is 6.92 Å². The second kappa shape index (κ2) is 5.30. The van der Waals surface area contributed by atoms with E-state index >= 15 is 0 Å². The highest BCUT2D eigenvalue weighted by Gasteiger charge is 2.38. The van der Waals surface area contributed by atoms with Crippen LogP contribution in [0.15, 0.2) is 53.8 Å². The number of ketones is 1. The van der Waals surface area contributed by atoms with E-state index in [2.05, 4.69) is 6.58 Å². The summed E-state index contributed by atoms with van der Waals surface area (Å²) in [5, 5.41) is 0. The number of esters is 1. The van der Waals surface area contributed by atoms with Crippen molar-refractivity contribution in [3.8, 4) is 0 Å². The lowest BCUT2D eigenvalue weighted by molar-refractivity contribution is -0.136. The summed E-state index contributed by atoms with van der Waals surface area (Å²) in [6.45, 7) is 6.19. The zero-order valence-electron chi connectivity index (χ0n) is 12.7. The number of methoxy groups -OCH3 is 1. The molecule has 0 amide bonds. The molecule has 3 rings (SSSR count). The first-order chi connectivity index (χ1) is 10.6. The van der Waals surface area contributed by atoms with Crippen LogP contribution in [-0.4, -0.2) is 30.3 Å². The molecule has 1 aromatic carbocycles. The number of rotatable bonds is 3. The lowest BCUT2D eigenvalue weighted by Gasteiger charge is -2.32. The van der Waals surface area contributed by atoms with Gasteiger partial charge in [-0.25, -0.2) is 4.79 Å². The van der Waals surface area contributed by atoms with Crippen molar-refractivity contribution in [1.82, 2.24) is 4.90 Å². The number of fused-ring (bicyclic) bond motifs is 2. The summed E-state index contributed by atoms with van der Waals surface area (Å²) in [6, 6.07) is 7.55. The largest absolute Gasteiger partial charge is 0.466 e. The Balaban J connectivity index is 2.16. The summed E-state index contributed by atoms with van der Waals surface area (Å²) in [7, 11) is 1.36. The van der Waals surface area contributed by atoms with Gasteiger partial charge in [-0.15, -0.1) is 6.58 Å². The highest BCUT2D eigenvalue weighted by Crippen LogP contribution is 2.43. The van der Waals surface area contributed by atoms with Crippen molar-refractivity contribution in [1.29, 1.82) is 0 Å². The van der Waals surface area contributed by atoms with Crippen molar-refractivity contribution in [2.75, 3.05) is 13.7 Å². The normalized spacial score (nSPS) is 16.6. The first-order valence-corrected chi connectivity index (χ1v) is 7.14. The SMILES string of the molecule is C=CCN1C(C)=C(C(=O)OC)CC2=C1c1ccccc1C2=O. The van der Waals surface area contributed by atoms with Crippen molar-refractivity contribution in [3.05, 3.63) is 64.9 Å². The molecule has 0 spiro atoms. The Kier molecular flexibility index (Phi) is 3.45. The zero-order valence-corrected chi connectivity index (χ0v) is 12.7. The minimum atomic E-state index is -0.387. The first kappa shape index (κ1) is 14.3. The molecule has 0 unspecified atom stereocenters. The van der Waals surface area contributed by atoms with Gasteiger partial charge in [0.2, 0.25) is 0 Å². The Morgan fingerprint density at radius 3 is 2.68 bits per heavy atom. The van der Waals surface area contributed by atoms with Crippen molar-refractivity contribution in [3.63, 3.8) is 0 Å². The van der Waals surface area contributed by atoms with Crippen molar-refractivity contribution < 1.29 is 14.3 Å². The third kappa shape index (κ3) is 1.91. The molecule has 22 heavy (non-hydrogen) atoms. The number of carbonyl (C=O) groups is 2. The van der Waals surface area contributed by atoms with Gasteiger partial charge in [-0.1, -0.05) is 30.3 Å². The molecule has 4 heteroatoms. The molecule has 0 aromatic heterocycles. The molecule has 0 saturated carbocycles. The van der Waals surface area contributed by atoms with E-state index in [1.54, 1.807) is 6.08 Å². The van der Waals surface area contributed by atoms with Crippen LogP contribution < -0.4 is 0 Å². The lowest BCUT2D eigenvalue weighted by atomic mass is 9.95. The summed E-state index contributed by atoms with van der Waals surface area (Å²) >= 11 is 0. The van der Waals surface area contributed by atoms with E-state index in [0.717, 1.165) is 17.0 Å². The topological polar surface area (TPSA) is 46.6 Å². The number of allylic oxidation sites excluding steroid dienone is 2.